The first kappa shape index (κ1) is 26.5. The van der Waals surface area contributed by atoms with Crippen LogP contribution in [0, 0.1) is 0 Å². The van der Waals surface area contributed by atoms with E-state index in [1.165, 1.54) is 6.08 Å². The fraction of sp³-hybridized carbons (Fsp3) is 0.188. The molecule has 0 atom stereocenters. The summed E-state index contributed by atoms with van der Waals surface area (Å²) in [6, 6.07) is 29.0. The van der Waals surface area contributed by atoms with Crippen LogP contribution in [0.15, 0.2) is 97.1 Å². The minimum atomic E-state index is -1.21. The van der Waals surface area contributed by atoms with Crippen LogP contribution in [-0.4, -0.2) is 11.9 Å². The monoisotopic (exact) mass is 507 g/mol. The van der Waals surface area contributed by atoms with Gasteiger partial charge in [0.25, 0.3) is 5.91 Å². The molecule has 4 aromatic rings. The molecule has 0 aliphatic heterocycles. The van der Waals surface area contributed by atoms with Gasteiger partial charge < -0.3 is 14.6 Å². The summed E-state index contributed by atoms with van der Waals surface area (Å²) >= 11 is 0. The van der Waals surface area contributed by atoms with Crippen molar-refractivity contribution in [3.8, 4) is 5.75 Å². The Labute approximate surface area is 222 Å². The summed E-state index contributed by atoms with van der Waals surface area (Å²) in [6.45, 7) is 6.73. The third kappa shape index (κ3) is 7.01. The molecule has 0 heterocycles. The van der Waals surface area contributed by atoms with E-state index in [2.05, 4.69) is 37.7 Å². The van der Waals surface area contributed by atoms with E-state index in [-0.39, 0.29) is 17.7 Å². The SMILES string of the molecule is CC(C)(C)c1ccc(C(=CCC(=O)[O-])NNC(=O)c2ccc(COc3ccc4ccccc4c3)cc2)cc1. The lowest BCUT2D eigenvalue weighted by Crippen LogP contribution is -2.36. The van der Waals surface area contributed by atoms with Gasteiger partial charge in [-0.05, 0) is 57.1 Å². The predicted octanol–water partition coefficient (Wildman–Crippen LogP) is 5.13. The topological polar surface area (TPSA) is 90.5 Å². The standard InChI is InChI=1S/C32H32N2O4/c1-32(2,3)27-15-12-24(13-16-27)29(18-19-30(35)36)33-34-31(37)25-10-8-22(9-11-25)21-38-28-17-14-23-6-4-5-7-26(23)20-28/h4-18,20,33H,19,21H2,1-3H3,(H,34,37)(H,35,36)/p-1. The van der Waals surface area contributed by atoms with E-state index in [1.54, 1.807) is 12.1 Å². The summed E-state index contributed by atoms with van der Waals surface area (Å²) in [7, 11) is 0. The van der Waals surface area contributed by atoms with E-state index in [0.29, 0.717) is 17.9 Å². The van der Waals surface area contributed by atoms with Crippen LogP contribution in [0.3, 0.4) is 0 Å². The van der Waals surface area contributed by atoms with E-state index in [9.17, 15) is 14.7 Å². The van der Waals surface area contributed by atoms with Crippen molar-refractivity contribution in [2.24, 2.45) is 0 Å². The summed E-state index contributed by atoms with van der Waals surface area (Å²) in [4.78, 5) is 23.8. The average Bonchev–Trinajstić information content (AvgIpc) is 2.91. The predicted molar refractivity (Wildman–Crippen MR) is 148 cm³/mol. The minimum absolute atomic E-state index is 0.0122. The second-order valence-electron chi connectivity index (χ2n) is 10.1. The van der Waals surface area contributed by atoms with Gasteiger partial charge in [-0.1, -0.05) is 93.6 Å². The van der Waals surface area contributed by atoms with Crippen LogP contribution < -0.4 is 20.7 Å². The zero-order valence-electron chi connectivity index (χ0n) is 21.8. The van der Waals surface area contributed by atoms with Gasteiger partial charge in [-0.2, -0.15) is 0 Å². The maximum Gasteiger partial charge on any atom is 0.269 e. The molecule has 0 aromatic heterocycles. The molecule has 0 fully saturated rings. The number of hydrogen-bond acceptors (Lipinski definition) is 5. The largest absolute Gasteiger partial charge is 0.550 e. The number of carbonyl (C=O) groups is 2. The van der Waals surface area contributed by atoms with Crippen molar-refractivity contribution in [1.29, 1.82) is 0 Å². The van der Waals surface area contributed by atoms with Crippen LogP contribution in [-0.2, 0) is 16.8 Å². The Morgan fingerprint density at radius 3 is 2.13 bits per heavy atom. The molecule has 0 aliphatic carbocycles. The number of fused-ring (bicyclic) bond motifs is 1. The second kappa shape index (κ2) is 11.6. The van der Waals surface area contributed by atoms with Gasteiger partial charge in [0.05, 0.1) is 5.70 Å². The van der Waals surface area contributed by atoms with Gasteiger partial charge in [0, 0.05) is 18.0 Å². The minimum Gasteiger partial charge on any atom is -0.550 e. The van der Waals surface area contributed by atoms with Crippen molar-refractivity contribution in [2.45, 2.75) is 39.2 Å². The van der Waals surface area contributed by atoms with E-state index < -0.39 is 5.97 Å². The molecule has 4 rings (SSSR count). The van der Waals surface area contributed by atoms with Gasteiger partial charge in [-0.15, -0.1) is 0 Å². The summed E-state index contributed by atoms with van der Waals surface area (Å²) in [5.41, 5.74) is 9.27. The first-order valence-electron chi connectivity index (χ1n) is 12.5. The quantitative estimate of drug-likeness (QED) is 0.307. The number of carboxylic acid groups (broad SMARTS) is 1. The molecule has 1 amide bonds. The highest BCUT2D eigenvalue weighted by atomic mass is 16.5. The summed E-state index contributed by atoms with van der Waals surface area (Å²) < 4.78 is 5.93. The third-order valence-electron chi connectivity index (χ3n) is 6.19. The van der Waals surface area contributed by atoms with Crippen molar-refractivity contribution < 1.29 is 19.4 Å². The van der Waals surface area contributed by atoms with Crippen molar-refractivity contribution >= 4 is 28.3 Å². The lowest BCUT2D eigenvalue weighted by Gasteiger charge is -2.20. The molecule has 0 aliphatic rings. The Bertz CT molecular complexity index is 1450. The van der Waals surface area contributed by atoms with Crippen LogP contribution in [0.5, 0.6) is 5.75 Å². The second-order valence-corrected chi connectivity index (χ2v) is 10.1. The van der Waals surface area contributed by atoms with Crippen molar-refractivity contribution in [3.05, 3.63) is 119 Å². The highest BCUT2D eigenvalue weighted by molar-refractivity contribution is 5.94. The zero-order chi connectivity index (χ0) is 27.1. The lowest BCUT2D eigenvalue weighted by atomic mass is 9.86. The number of amides is 1. The number of ether oxygens (including phenoxy) is 1. The molecular weight excluding hydrogens is 476 g/mol. The van der Waals surface area contributed by atoms with Gasteiger partial charge in [0.15, 0.2) is 0 Å². The highest BCUT2D eigenvalue weighted by Gasteiger charge is 2.14. The molecule has 0 saturated heterocycles. The fourth-order valence-electron chi connectivity index (χ4n) is 3.95. The third-order valence-corrected chi connectivity index (χ3v) is 6.19. The molecule has 0 radical (unpaired) electrons. The molecule has 6 heteroatoms. The Balaban J connectivity index is 1.37. The van der Waals surface area contributed by atoms with E-state index in [1.807, 2.05) is 72.8 Å². The van der Waals surface area contributed by atoms with Crippen LogP contribution in [0.4, 0.5) is 0 Å². The number of carbonyl (C=O) groups excluding carboxylic acids is 2. The van der Waals surface area contributed by atoms with E-state index in [4.69, 9.17) is 4.74 Å². The van der Waals surface area contributed by atoms with E-state index >= 15 is 0 Å². The normalized spacial score (nSPS) is 11.7. The number of nitrogens with one attached hydrogen (secondary N) is 2. The lowest BCUT2D eigenvalue weighted by molar-refractivity contribution is -0.304. The fourth-order valence-corrected chi connectivity index (χ4v) is 3.95. The molecule has 0 saturated carbocycles. The Hall–Kier alpha value is -4.58. The average molecular weight is 508 g/mol. The molecule has 2 N–H and O–H groups in total. The van der Waals surface area contributed by atoms with E-state index in [0.717, 1.165) is 33.2 Å². The Kier molecular flexibility index (Phi) is 8.12. The first-order chi connectivity index (χ1) is 18.2. The molecule has 6 nitrogen and oxygen atoms in total. The molecule has 0 spiro atoms. The number of aliphatic carboxylic acids is 1. The molecular formula is C32H31N2O4-. The number of hydrogen-bond donors (Lipinski definition) is 2. The Morgan fingerprint density at radius 2 is 1.47 bits per heavy atom. The highest BCUT2D eigenvalue weighted by Crippen LogP contribution is 2.24. The number of rotatable bonds is 9. The van der Waals surface area contributed by atoms with Gasteiger partial charge in [0.2, 0.25) is 0 Å². The molecule has 0 unspecified atom stereocenters. The van der Waals surface area contributed by atoms with Crippen LogP contribution >= 0.6 is 0 Å². The van der Waals surface area contributed by atoms with Gasteiger partial charge in [0.1, 0.15) is 12.4 Å². The van der Waals surface area contributed by atoms with Gasteiger partial charge in [-0.25, -0.2) is 0 Å². The van der Waals surface area contributed by atoms with Crippen LogP contribution in [0.2, 0.25) is 0 Å². The zero-order valence-corrected chi connectivity index (χ0v) is 21.8. The van der Waals surface area contributed by atoms with Gasteiger partial charge >= 0.3 is 0 Å². The van der Waals surface area contributed by atoms with Crippen molar-refractivity contribution in [2.75, 3.05) is 0 Å². The van der Waals surface area contributed by atoms with Crippen molar-refractivity contribution in [1.82, 2.24) is 10.9 Å². The van der Waals surface area contributed by atoms with Crippen LogP contribution in [0.25, 0.3) is 16.5 Å². The molecule has 38 heavy (non-hydrogen) atoms. The number of benzene rings is 4. The number of hydrazine groups is 1. The summed E-state index contributed by atoms with van der Waals surface area (Å²) in [5, 5.41) is 13.3. The van der Waals surface area contributed by atoms with Crippen molar-refractivity contribution in [3.63, 3.8) is 0 Å². The maximum atomic E-state index is 12.8. The maximum absolute atomic E-state index is 12.8. The van der Waals surface area contributed by atoms with Gasteiger partial charge in [-0.3, -0.25) is 15.6 Å². The first-order valence-corrected chi connectivity index (χ1v) is 12.5. The smallest absolute Gasteiger partial charge is 0.269 e. The molecule has 194 valence electrons. The van der Waals surface area contributed by atoms with Crippen LogP contribution in [0.1, 0.15) is 54.2 Å². The molecule has 4 aromatic carbocycles. The Morgan fingerprint density at radius 1 is 0.816 bits per heavy atom. The number of carboxylic acids is 1. The molecule has 0 bridgehead atoms. The summed E-state index contributed by atoms with van der Waals surface area (Å²) in [5.74, 6) is -0.776. The summed E-state index contributed by atoms with van der Waals surface area (Å²) in [6.07, 6.45) is 1.19.